The van der Waals surface area contributed by atoms with Gasteiger partial charge in [-0.1, -0.05) is 6.08 Å². The molecule has 0 heterocycles. The topological polar surface area (TPSA) is 89.5 Å². The van der Waals surface area contributed by atoms with Crippen molar-refractivity contribution in [2.45, 2.75) is 19.1 Å². The van der Waals surface area contributed by atoms with E-state index in [2.05, 4.69) is 11.9 Å². The van der Waals surface area contributed by atoms with E-state index >= 15 is 0 Å². The van der Waals surface area contributed by atoms with Crippen molar-refractivity contribution in [1.82, 2.24) is 5.32 Å². The van der Waals surface area contributed by atoms with Crippen molar-refractivity contribution in [2.24, 2.45) is 0 Å². The van der Waals surface area contributed by atoms with Crippen LogP contribution in [0.5, 0.6) is 0 Å². The third-order valence-corrected chi connectivity index (χ3v) is 2.65. The fourth-order valence-electron chi connectivity index (χ4n) is 0.789. The molecule has 1 amide bonds. The number of hydrogen-bond donors (Lipinski definition) is 2. The van der Waals surface area contributed by atoms with Gasteiger partial charge in [0.1, 0.15) is 0 Å². The fourth-order valence-corrected chi connectivity index (χ4v) is 1.76. The minimum atomic E-state index is -1.33. The summed E-state index contributed by atoms with van der Waals surface area (Å²) in [7, 11) is 0. The van der Waals surface area contributed by atoms with Crippen LogP contribution in [0.4, 0.5) is 0 Å². The quantitative estimate of drug-likeness (QED) is 0.208. The molecule has 0 aliphatic carbocycles. The molecule has 0 spiro atoms. The monoisotopic (exact) mass is 258 g/mol. The Balaban J connectivity index is 0. The van der Waals surface area contributed by atoms with Crippen molar-refractivity contribution in [1.29, 1.82) is 0 Å². The number of carbonyl (C=O) groups excluding carboxylic acids is 2. The zero-order valence-electron chi connectivity index (χ0n) is 9.43. The van der Waals surface area contributed by atoms with Gasteiger partial charge in [-0.15, -0.1) is 6.58 Å². The predicted octanol–water partition coefficient (Wildman–Crippen LogP) is -4.47. The van der Waals surface area contributed by atoms with E-state index < -0.39 is 24.0 Å². The second kappa shape index (κ2) is 10.2. The normalized spacial score (nSPS) is 13.1. The maximum absolute atomic E-state index is 10.6. The van der Waals surface area contributed by atoms with Crippen LogP contribution in [-0.4, -0.2) is 40.6 Å². The second-order valence-corrected chi connectivity index (χ2v) is 3.99. The first-order valence-corrected chi connectivity index (χ1v) is 5.49. The molecule has 0 aliphatic rings. The third kappa shape index (κ3) is 9.23. The van der Waals surface area contributed by atoms with Crippen LogP contribution in [0.15, 0.2) is 12.7 Å². The van der Waals surface area contributed by atoms with Gasteiger partial charge in [-0.25, -0.2) is 0 Å². The molecule has 0 bridgehead atoms. The number of thioether (sulfide) groups is 1. The van der Waals surface area contributed by atoms with E-state index in [1.807, 2.05) is 0 Å². The number of carbonyl (C=O) groups is 2. The summed E-state index contributed by atoms with van der Waals surface area (Å²) in [5, 5.41) is 21.9. The molecule has 0 aliphatic heterocycles. The predicted molar refractivity (Wildman–Crippen MR) is 56.1 cm³/mol. The largest absolute Gasteiger partial charge is 1.00 e. The molecule has 0 radical (unpaired) electrons. The number of aliphatic hydroxyl groups excluding tert-OH is 1. The van der Waals surface area contributed by atoms with Gasteiger partial charge in [-0.2, -0.15) is 11.8 Å². The molecule has 2 N–H and O–H groups in total. The standard InChI is InChI=1S/C9H15NO4S.Na/c1-3-7(12)4-15-5-8(9(13)14)10-6(2)11;/h3,7-8,12H,1,4-5H2,2H3,(H,10,11)(H,13,14);/q;+1/p-1/i5+1,8+1,10+1;. The molecule has 0 aromatic carbocycles. The van der Waals surface area contributed by atoms with Crippen LogP contribution >= 0.6 is 11.8 Å². The van der Waals surface area contributed by atoms with Crippen LogP contribution in [-0.2, 0) is 9.59 Å². The van der Waals surface area contributed by atoms with Crippen molar-refractivity contribution in [3.8, 4) is 0 Å². The minimum Gasteiger partial charge on any atom is -0.548 e. The molecule has 0 saturated carbocycles. The van der Waals surface area contributed by atoms with E-state index in [1.165, 1.54) is 24.8 Å². The SMILES string of the molecule is C=CC(O)CS[13CH2][13CH]([15NH]C(C)=O)C(=O)[O-].[Na+]. The summed E-state index contributed by atoms with van der Waals surface area (Å²) >= 11 is 1.21. The molecule has 0 aromatic rings. The molecule has 5 nitrogen and oxygen atoms in total. The van der Waals surface area contributed by atoms with Crippen LogP contribution < -0.4 is 40.0 Å². The Morgan fingerprint density at radius 1 is 1.56 bits per heavy atom. The van der Waals surface area contributed by atoms with Crippen LogP contribution in [0.1, 0.15) is 6.92 Å². The van der Waals surface area contributed by atoms with Gasteiger partial charge in [0.25, 0.3) is 0 Å². The molecule has 86 valence electrons. The van der Waals surface area contributed by atoms with E-state index in [-0.39, 0.29) is 35.3 Å². The maximum Gasteiger partial charge on any atom is 1.00 e. The van der Waals surface area contributed by atoms with Gasteiger partial charge in [-0.05, 0) is 0 Å². The molecular formula is C9H14NNaO4S. The summed E-state index contributed by atoms with van der Waals surface area (Å²) in [4.78, 5) is 21.2. The number of amides is 1. The summed E-state index contributed by atoms with van der Waals surface area (Å²) in [5.74, 6) is -1.25. The van der Waals surface area contributed by atoms with Crippen molar-refractivity contribution in [3.05, 3.63) is 12.7 Å². The Morgan fingerprint density at radius 2 is 2.12 bits per heavy atom. The summed E-state index contributed by atoms with van der Waals surface area (Å²) in [5.41, 5.74) is 0. The van der Waals surface area contributed by atoms with Crippen molar-refractivity contribution in [2.75, 3.05) is 11.5 Å². The van der Waals surface area contributed by atoms with Crippen molar-refractivity contribution in [3.63, 3.8) is 0 Å². The van der Waals surface area contributed by atoms with E-state index in [9.17, 15) is 14.7 Å². The Hall–Kier alpha value is -0.0100. The first-order chi connectivity index (χ1) is 6.97. The van der Waals surface area contributed by atoms with Crippen LogP contribution in [0.2, 0.25) is 0 Å². The summed E-state index contributed by atoms with van der Waals surface area (Å²) in [6.07, 6.45) is 0.689. The van der Waals surface area contributed by atoms with E-state index in [4.69, 9.17) is 5.11 Å². The zero-order valence-corrected chi connectivity index (χ0v) is 12.3. The number of rotatable bonds is 7. The Kier molecular flexibility index (Phi) is 11.7. The van der Waals surface area contributed by atoms with Gasteiger partial charge in [-0.3, -0.25) is 4.79 Å². The van der Waals surface area contributed by atoms with Gasteiger partial charge in [0.2, 0.25) is 5.91 Å². The molecule has 16 heavy (non-hydrogen) atoms. The minimum absolute atomic E-state index is 0. The smallest absolute Gasteiger partial charge is 0.548 e. The van der Waals surface area contributed by atoms with Gasteiger partial charge in [0.15, 0.2) is 0 Å². The van der Waals surface area contributed by atoms with Gasteiger partial charge < -0.3 is 20.3 Å². The molecule has 0 aromatic heterocycles. The molecule has 0 rings (SSSR count). The zero-order chi connectivity index (χ0) is 11.8. The summed E-state index contributed by atoms with van der Waals surface area (Å²) in [6, 6.07) is -1.02. The van der Waals surface area contributed by atoms with Gasteiger partial charge in [0, 0.05) is 18.4 Å². The summed E-state index contributed by atoms with van der Waals surface area (Å²) < 4.78 is 0. The molecular weight excluding hydrogens is 244 g/mol. The van der Waals surface area contributed by atoms with Crippen LogP contribution in [0.3, 0.4) is 0 Å². The number of nitrogens with one attached hydrogen (secondary N) is 1. The molecule has 0 saturated heterocycles. The van der Waals surface area contributed by atoms with E-state index in [0.717, 1.165) is 0 Å². The maximum atomic E-state index is 10.6. The Morgan fingerprint density at radius 3 is 2.50 bits per heavy atom. The Labute approximate surface area is 121 Å². The number of aliphatic carboxylic acids is 1. The van der Waals surface area contributed by atoms with Crippen molar-refractivity contribution >= 4 is 23.6 Å². The molecule has 7 heteroatoms. The van der Waals surface area contributed by atoms with E-state index in [1.54, 1.807) is 0 Å². The van der Waals surface area contributed by atoms with Crippen molar-refractivity contribution < 1.29 is 49.4 Å². The second-order valence-electron chi connectivity index (χ2n) is 2.91. The molecule has 2 unspecified atom stereocenters. The molecule has 2 atom stereocenters. The number of carboxylic acids is 1. The molecule has 0 fully saturated rings. The fraction of sp³-hybridized carbons (Fsp3) is 0.556. The van der Waals surface area contributed by atoms with E-state index in [0.29, 0.717) is 5.75 Å². The summed E-state index contributed by atoms with van der Waals surface area (Å²) in [6.45, 7) is 4.62. The number of aliphatic hydroxyl groups is 1. The van der Waals surface area contributed by atoms with Gasteiger partial charge >= 0.3 is 29.6 Å². The first-order valence-electron chi connectivity index (χ1n) is 4.33. The average Bonchev–Trinajstić information content (AvgIpc) is 2.15. The van der Waals surface area contributed by atoms with Crippen LogP contribution in [0, 0.1) is 0 Å². The van der Waals surface area contributed by atoms with Crippen LogP contribution in [0.25, 0.3) is 0 Å². The number of hydrogen-bond acceptors (Lipinski definition) is 5. The number of carboxylic acid groups (broad SMARTS) is 1. The third-order valence-electron chi connectivity index (χ3n) is 1.51. The first kappa shape index (κ1) is 18.4. The van der Waals surface area contributed by atoms with Gasteiger partial charge in [0.05, 0.1) is 18.1 Å². The Bertz CT molecular complexity index is 250. The average molecular weight is 258 g/mol.